The smallest absolute Gasteiger partial charge is 0.0543 e. The van der Waals surface area contributed by atoms with E-state index in [4.69, 9.17) is 0 Å². The van der Waals surface area contributed by atoms with Gasteiger partial charge in [-0.3, -0.25) is 0 Å². The standard InChI is InChI=1S/C15H25NO/c17-15-3-1-2-12(8-15)9-16-10-14-7-11-4-5-13(14)6-11/h4-5,11-17H,1-3,6-10H2. The topological polar surface area (TPSA) is 32.3 Å². The van der Waals surface area contributed by atoms with Gasteiger partial charge in [0.25, 0.3) is 0 Å². The summed E-state index contributed by atoms with van der Waals surface area (Å²) in [5.74, 6) is 3.36. The zero-order valence-electron chi connectivity index (χ0n) is 10.6. The largest absolute Gasteiger partial charge is 0.393 e. The highest BCUT2D eigenvalue weighted by Gasteiger charge is 2.35. The average molecular weight is 235 g/mol. The molecule has 0 aromatic rings. The molecule has 0 heterocycles. The number of fused-ring (bicyclic) bond motifs is 2. The van der Waals surface area contributed by atoms with E-state index in [1.54, 1.807) is 0 Å². The van der Waals surface area contributed by atoms with E-state index in [9.17, 15) is 5.11 Å². The second kappa shape index (κ2) is 5.11. The summed E-state index contributed by atoms with van der Waals surface area (Å²) in [5, 5.41) is 13.3. The van der Waals surface area contributed by atoms with Gasteiger partial charge in [0.15, 0.2) is 0 Å². The van der Waals surface area contributed by atoms with Crippen LogP contribution in [0.4, 0.5) is 0 Å². The van der Waals surface area contributed by atoms with E-state index in [0.717, 1.165) is 37.1 Å². The van der Waals surface area contributed by atoms with Crippen molar-refractivity contribution in [3.05, 3.63) is 12.2 Å². The fourth-order valence-corrected chi connectivity index (χ4v) is 4.05. The Labute approximate surface area is 104 Å². The minimum Gasteiger partial charge on any atom is -0.393 e. The van der Waals surface area contributed by atoms with Crippen molar-refractivity contribution in [1.82, 2.24) is 5.32 Å². The van der Waals surface area contributed by atoms with Crippen LogP contribution >= 0.6 is 0 Å². The molecule has 2 saturated carbocycles. The van der Waals surface area contributed by atoms with Crippen molar-refractivity contribution in [2.75, 3.05) is 13.1 Å². The quantitative estimate of drug-likeness (QED) is 0.733. The van der Waals surface area contributed by atoms with Gasteiger partial charge in [-0.05, 0) is 68.9 Å². The number of hydrogen-bond acceptors (Lipinski definition) is 2. The molecule has 2 N–H and O–H groups in total. The fraction of sp³-hybridized carbons (Fsp3) is 0.867. The fourth-order valence-electron chi connectivity index (χ4n) is 4.05. The number of allylic oxidation sites excluding steroid dienone is 2. The van der Waals surface area contributed by atoms with Crippen LogP contribution in [0.2, 0.25) is 0 Å². The summed E-state index contributed by atoms with van der Waals surface area (Å²) < 4.78 is 0. The van der Waals surface area contributed by atoms with Gasteiger partial charge in [-0.2, -0.15) is 0 Å². The molecule has 3 aliphatic rings. The number of aliphatic hydroxyl groups excluding tert-OH is 1. The number of rotatable bonds is 4. The van der Waals surface area contributed by atoms with Gasteiger partial charge in [-0.25, -0.2) is 0 Å². The molecule has 2 fully saturated rings. The lowest BCUT2D eigenvalue weighted by atomic mass is 9.87. The molecular formula is C15H25NO. The molecule has 0 radical (unpaired) electrons. The molecule has 2 bridgehead atoms. The van der Waals surface area contributed by atoms with Crippen LogP contribution in [0.5, 0.6) is 0 Å². The second-order valence-electron chi connectivity index (χ2n) is 6.39. The highest BCUT2D eigenvalue weighted by molar-refractivity contribution is 5.10. The van der Waals surface area contributed by atoms with Crippen LogP contribution in [0, 0.1) is 23.7 Å². The van der Waals surface area contributed by atoms with Gasteiger partial charge in [-0.1, -0.05) is 18.6 Å². The minimum absolute atomic E-state index is 0.0269. The van der Waals surface area contributed by atoms with E-state index in [2.05, 4.69) is 17.5 Å². The zero-order valence-corrected chi connectivity index (χ0v) is 10.6. The van der Waals surface area contributed by atoms with Crippen molar-refractivity contribution in [3.8, 4) is 0 Å². The van der Waals surface area contributed by atoms with E-state index in [0.29, 0.717) is 5.92 Å². The summed E-state index contributed by atoms with van der Waals surface area (Å²) >= 11 is 0. The molecule has 0 amide bonds. The van der Waals surface area contributed by atoms with E-state index in [-0.39, 0.29) is 6.10 Å². The highest BCUT2D eigenvalue weighted by atomic mass is 16.3. The molecule has 2 nitrogen and oxygen atoms in total. The molecule has 0 aliphatic heterocycles. The lowest BCUT2D eigenvalue weighted by Crippen LogP contribution is -2.33. The van der Waals surface area contributed by atoms with E-state index >= 15 is 0 Å². The predicted molar refractivity (Wildman–Crippen MR) is 69.7 cm³/mol. The first-order valence-corrected chi connectivity index (χ1v) is 7.38. The Kier molecular flexibility index (Phi) is 3.53. The van der Waals surface area contributed by atoms with Gasteiger partial charge in [0, 0.05) is 0 Å². The molecule has 17 heavy (non-hydrogen) atoms. The van der Waals surface area contributed by atoms with Crippen LogP contribution in [-0.2, 0) is 0 Å². The van der Waals surface area contributed by atoms with Gasteiger partial charge < -0.3 is 10.4 Å². The van der Waals surface area contributed by atoms with Crippen molar-refractivity contribution in [3.63, 3.8) is 0 Å². The second-order valence-corrected chi connectivity index (χ2v) is 6.39. The van der Waals surface area contributed by atoms with Crippen molar-refractivity contribution < 1.29 is 5.11 Å². The van der Waals surface area contributed by atoms with Crippen LogP contribution in [0.1, 0.15) is 38.5 Å². The Morgan fingerprint density at radius 1 is 1.06 bits per heavy atom. The minimum atomic E-state index is -0.0269. The lowest BCUT2D eigenvalue weighted by Gasteiger charge is -2.27. The van der Waals surface area contributed by atoms with E-state index in [1.807, 2.05) is 0 Å². The van der Waals surface area contributed by atoms with Gasteiger partial charge >= 0.3 is 0 Å². The molecule has 3 rings (SSSR count). The summed E-state index contributed by atoms with van der Waals surface area (Å²) in [4.78, 5) is 0. The van der Waals surface area contributed by atoms with Gasteiger partial charge in [0.05, 0.1) is 6.10 Å². The summed E-state index contributed by atoms with van der Waals surface area (Å²) in [7, 11) is 0. The third-order valence-corrected chi connectivity index (χ3v) is 5.01. The first kappa shape index (κ1) is 11.7. The SMILES string of the molecule is OC1CCCC(CNCC2CC3C=CC2C3)C1. The Morgan fingerprint density at radius 3 is 2.71 bits per heavy atom. The molecule has 0 spiro atoms. The first-order chi connectivity index (χ1) is 8.31. The Balaban J connectivity index is 1.36. The third-order valence-electron chi connectivity index (χ3n) is 5.01. The number of hydrogen-bond donors (Lipinski definition) is 2. The molecule has 0 aromatic heterocycles. The zero-order chi connectivity index (χ0) is 11.7. The van der Waals surface area contributed by atoms with Crippen molar-refractivity contribution in [1.29, 1.82) is 0 Å². The van der Waals surface area contributed by atoms with E-state index in [1.165, 1.54) is 32.2 Å². The molecule has 0 aromatic carbocycles. The van der Waals surface area contributed by atoms with Crippen LogP contribution in [0.3, 0.4) is 0 Å². The predicted octanol–water partition coefficient (Wildman–Crippen LogP) is 2.34. The monoisotopic (exact) mass is 235 g/mol. The van der Waals surface area contributed by atoms with Crippen molar-refractivity contribution in [2.45, 2.75) is 44.6 Å². The normalized spacial score (nSPS) is 44.4. The molecule has 5 unspecified atom stereocenters. The maximum Gasteiger partial charge on any atom is 0.0543 e. The molecule has 3 aliphatic carbocycles. The molecule has 96 valence electrons. The number of aliphatic hydroxyl groups is 1. The van der Waals surface area contributed by atoms with Gasteiger partial charge in [0.1, 0.15) is 0 Å². The maximum absolute atomic E-state index is 9.64. The Bertz CT molecular complexity index is 289. The van der Waals surface area contributed by atoms with Crippen LogP contribution < -0.4 is 5.32 Å². The average Bonchev–Trinajstić information content (AvgIpc) is 2.91. The van der Waals surface area contributed by atoms with Crippen molar-refractivity contribution in [2.24, 2.45) is 23.7 Å². The third kappa shape index (κ3) is 2.74. The first-order valence-electron chi connectivity index (χ1n) is 7.38. The lowest BCUT2D eigenvalue weighted by molar-refractivity contribution is 0.100. The molecule has 0 saturated heterocycles. The molecule has 2 heteroatoms. The Morgan fingerprint density at radius 2 is 2.00 bits per heavy atom. The van der Waals surface area contributed by atoms with Gasteiger partial charge in [-0.15, -0.1) is 0 Å². The summed E-state index contributed by atoms with van der Waals surface area (Å²) in [6, 6.07) is 0. The molecule has 5 atom stereocenters. The van der Waals surface area contributed by atoms with Crippen molar-refractivity contribution >= 4 is 0 Å². The van der Waals surface area contributed by atoms with E-state index < -0.39 is 0 Å². The van der Waals surface area contributed by atoms with Crippen LogP contribution in [-0.4, -0.2) is 24.3 Å². The number of nitrogens with one attached hydrogen (secondary N) is 1. The summed E-state index contributed by atoms with van der Waals surface area (Å²) in [6.45, 7) is 2.31. The van der Waals surface area contributed by atoms with Crippen LogP contribution in [0.25, 0.3) is 0 Å². The molecular weight excluding hydrogens is 210 g/mol. The highest BCUT2D eigenvalue weighted by Crippen LogP contribution is 2.42. The maximum atomic E-state index is 9.64. The summed E-state index contributed by atoms with van der Waals surface area (Å²) in [6.07, 6.45) is 12.2. The van der Waals surface area contributed by atoms with Gasteiger partial charge in [0.2, 0.25) is 0 Å². The Hall–Kier alpha value is -0.340. The van der Waals surface area contributed by atoms with Crippen LogP contribution in [0.15, 0.2) is 12.2 Å². The summed E-state index contributed by atoms with van der Waals surface area (Å²) in [5.41, 5.74) is 0.